The second kappa shape index (κ2) is 5.54. The molecule has 0 unspecified atom stereocenters. The molecular formula is C13H10BrNO3S. The molecular weight excluding hydrogens is 330 g/mol. The van der Waals surface area contributed by atoms with Crippen LogP contribution in [0.3, 0.4) is 0 Å². The van der Waals surface area contributed by atoms with Gasteiger partial charge in [-0.05, 0) is 42.5 Å². The Morgan fingerprint density at radius 3 is 2.32 bits per heavy atom. The van der Waals surface area contributed by atoms with Gasteiger partial charge in [0.05, 0.1) is 4.90 Å². The summed E-state index contributed by atoms with van der Waals surface area (Å²) in [6, 6.07) is 12.6. The molecule has 0 spiro atoms. The summed E-state index contributed by atoms with van der Waals surface area (Å²) in [5.41, 5.74) is 0.899. The van der Waals surface area contributed by atoms with Gasteiger partial charge in [0.1, 0.15) is 6.29 Å². The molecule has 0 heterocycles. The number of carbonyl (C=O) groups excluding carboxylic acids is 1. The van der Waals surface area contributed by atoms with Crippen LogP contribution in [-0.4, -0.2) is 14.7 Å². The zero-order valence-corrected chi connectivity index (χ0v) is 12.1. The van der Waals surface area contributed by atoms with Crippen molar-refractivity contribution in [1.29, 1.82) is 0 Å². The molecule has 0 saturated heterocycles. The monoisotopic (exact) mass is 339 g/mol. The van der Waals surface area contributed by atoms with Crippen LogP contribution in [0.4, 0.5) is 5.69 Å². The van der Waals surface area contributed by atoms with E-state index in [2.05, 4.69) is 20.7 Å². The van der Waals surface area contributed by atoms with Crippen molar-refractivity contribution < 1.29 is 13.2 Å². The van der Waals surface area contributed by atoms with Gasteiger partial charge in [0.25, 0.3) is 10.0 Å². The summed E-state index contributed by atoms with van der Waals surface area (Å²) in [5, 5.41) is 0. The fraction of sp³-hybridized carbons (Fsp3) is 0. The Bertz CT molecular complexity index is 696. The molecule has 0 radical (unpaired) electrons. The first-order chi connectivity index (χ1) is 9.01. The van der Waals surface area contributed by atoms with Gasteiger partial charge in [-0.25, -0.2) is 8.42 Å². The maximum absolute atomic E-state index is 12.1. The number of hydrogen-bond acceptors (Lipinski definition) is 3. The minimum Gasteiger partial charge on any atom is -0.298 e. The van der Waals surface area contributed by atoms with Crippen LogP contribution in [-0.2, 0) is 10.0 Å². The smallest absolute Gasteiger partial charge is 0.261 e. The number of benzene rings is 2. The Morgan fingerprint density at radius 2 is 1.74 bits per heavy atom. The van der Waals surface area contributed by atoms with E-state index < -0.39 is 10.0 Å². The summed E-state index contributed by atoms with van der Waals surface area (Å²) in [6.45, 7) is 0. The first kappa shape index (κ1) is 13.8. The van der Waals surface area contributed by atoms with Gasteiger partial charge in [0.15, 0.2) is 0 Å². The number of sulfonamides is 1. The number of rotatable bonds is 4. The van der Waals surface area contributed by atoms with Crippen LogP contribution in [0.1, 0.15) is 10.4 Å². The molecule has 0 aliphatic carbocycles. The van der Waals surface area contributed by atoms with Crippen molar-refractivity contribution in [2.75, 3.05) is 4.72 Å². The highest BCUT2D eigenvalue weighted by atomic mass is 79.9. The topological polar surface area (TPSA) is 63.2 Å². The lowest BCUT2D eigenvalue weighted by atomic mass is 10.2. The molecule has 2 aromatic carbocycles. The van der Waals surface area contributed by atoms with Crippen molar-refractivity contribution >= 4 is 37.9 Å². The Kier molecular flexibility index (Phi) is 4.01. The number of anilines is 1. The Morgan fingerprint density at radius 1 is 1.05 bits per heavy atom. The highest BCUT2D eigenvalue weighted by molar-refractivity contribution is 9.10. The normalized spacial score (nSPS) is 11.0. The van der Waals surface area contributed by atoms with Gasteiger partial charge in [-0.2, -0.15) is 0 Å². The maximum Gasteiger partial charge on any atom is 0.261 e. The molecule has 0 aliphatic heterocycles. The van der Waals surface area contributed by atoms with Crippen molar-refractivity contribution in [3.8, 4) is 0 Å². The number of nitrogens with one attached hydrogen (secondary N) is 1. The van der Waals surface area contributed by atoms with Gasteiger partial charge < -0.3 is 0 Å². The van der Waals surface area contributed by atoms with Crippen LogP contribution < -0.4 is 4.72 Å². The van der Waals surface area contributed by atoms with Gasteiger partial charge in [-0.3, -0.25) is 9.52 Å². The highest BCUT2D eigenvalue weighted by Gasteiger charge is 2.14. The lowest BCUT2D eigenvalue weighted by Crippen LogP contribution is -2.12. The molecule has 6 heteroatoms. The minimum atomic E-state index is -3.62. The Labute approximate surface area is 119 Å². The summed E-state index contributed by atoms with van der Waals surface area (Å²) >= 11 is 3.23. The van der Waals surface area contributed by atoms with Crippen LogP contribution in [0.5, 0.6) is 0 Å². The molecule has 2 aromatic rings. The minimum absolute atomic E-state index is 0.168. The van der Waals surface area contributed by atoms with E-state index in [1.165, 1.54) is 12.1 Å². The summed E-state index contributed by atoms with van der Waals surface area (Å²) in [7, 11) is -3.62. The fourth-order valence-electron chi connectivity index (χ4n) is 1.48. The molecule has 2 rings (SSSR count). The quantitative estimate of drug-likeness (QED) is 0.870. The molecule has 0 aromatic heterocycles. The SMILES string of the molecule is O=Cc1ccc(NS(=O)(=O)c2cccc(Br)c2)cc1. The second-order valence-corrected chi connectivity index (χ2v) is 6.40. The van der Waals surface area contributed by atoms with E-state index >= 15 is 0 Å². The molecule has 0 amide bonds. The van der Waals surface area contributed by atoms with Crippen molar-refractivity contribution in [3.63, 3.8) is 0 Å². The van der Waals surface area contributed by atoms with E-state index in [-0.39, 0.29) is 4.90 Å². The van der Waals surface area contributed by atoms with Crippen LogP contribution in [0.25, 0.3) is 0 Å². The number of carbonyl (C=O) groups is 1. The summed E-state index contributed by atoms with van der Waals surface area (Å²) < 4.78 is 27.3. The fourth-order valence-corrected chi connectivity index (χ4v) is 3.13. The molecule has 0 fully saturated rings. The Hall–Kier alpha value is -1.66. The molecule has 0 aliphatic rings. The largest absolute Gasteiger partial charge is 0.298 e. The van der Waals surface area contributed by atoms with Crippen LogP contribution in [0.2, 0.25) is 0 Å². The average molecular weight is 340 g/mol. The summed E-state index contributed by atoms with van der Waals surface area (Å²) in [4.78, 5) is 10.7. The van der Waals surface area contributed by atoms with Gasteiger partial charge >= 0.3 is 0 Å². The third-order valence-electron chi connectivity index (χ3n) is 2.41. The van der Waals surface area contributed by atoms with Crippen molar-refractivity contribution in [2.24, 2.45) is 0 Å². The predicted molar refractivity (Wildman–Crippen MR) is 76.8 cm³/mol. The van der Waals surface area contributed by atoms with Gasteiger partial charge in [-0.15, -0.1) is 0 Å². The Balaban J connectivity index is 2.28. The molecule has 0 atom stereocenters. The highest BCUT2D eigenvalue weighted by Crippen LogP contribution is 2.19. The van der Waals surface area contributed by atoms with E-state index in [0.717, 1.165) is 0 Å². The van der Waals surface area contributed by atoms with Crippen molar-refractivity contribution in [1.82, 2.24) is 0 Å². The third-order valence-corrected chi connectivity index (χ3v) is 4.28. The van der Waals surface area contributed by atoms with Gasteiger partial charge in [0.2, 0.25) is 0 Å². The van der Waals surface area contributed by atoms with Gasteiger partial charge in [0, 0.05) is 15.7 Å². The molecule has 19 heavy (non-hydrogen) atoms. The van der Waals surface area contributed by atoms with Crippen LogP contribution in [0, 0.1) is 0 Å². The van der Waals surface area contributed by atoms with Crippen molar-refractivity contribution in [2.45, 2.75) is 4.90 Å². The zero-order chi connectivity index (χ0) is 13.9. The summed E-state index contributed by atoms with van der Waals surface area (Å²) in [5.74, 6) is 0. The predicted octanol–water partition coefficient (Wildman–Crippen LogP) is 3.06. The lowest BCUT2D eigenvalue weighted by Gasteiger charge is -2.08. The molecule has 1 N–H and O–H groups in total. The average Bonchev–Trinajstić information content (AvgIpc) is 2.39. The van der Waals surface area contributed by atoms with Gasteiger partial charge in [-0.1, -0.05) is 22.0 Å². The molecule has 0 bridgehead atoms. The van der Waals surface area contributed by atoms with Crippen LogP contribution in [0.15, 0.2) is 57.9 Å². The first-order valence-electron chi connectivity index (χ1n) is 5.35. The summed E-state index contributed by atoms with van der Waals surface area (Å²) in [6.07, 6.45) is 0.701. The van der Waals surface area contributed by atoms with Crippen LogP contribution >= 0.6 is 15.9 Å². The van der Waals surface area contributed by atoms with Crippen molar-refractivity contribution in [3.05, 3.63) is 58.6 Å². The number of hydrogen-bond donors (Lipinski definition) is 1. The number of halogens is 1. The third kappa shape index (κ3) is 3.42. The maximum atomic E-state index is 12.1. The zero-order valence-electron chi connectivity index (χ0n) is 9.71. The van der Waals surface area contributed by atoms with E-state index in [1.54, 1.807) is 36.4 Å². The molecule has 0 saturated carbocycles. The van der Waals surface area contributed by atoms with E-state index in [1.807, 2.05) is 0 Å². The standard InChI is InChI=1S/C13H10BrNO3S/c14-11-2-1-3-13(8-11)19(17,18)15-12-6-4-10(9-16)5-7-12/h1-9,15H. The lowest BCUT2D eigenvalue weighted by molar-refractivity contribution is 0.112. The number of aldehydes is 1. The van der Waals surface area contributed by atoms with E-state index in [0.29, 0.717) is 22.0 Å². The second-order valence-electron chi connectivity index (χ2n) is 3.80. The molecule has 4 nitrogen and oxygen atoms in total. The van der Waals surface area contributed by atoms with E-state index in [9.17, 15) is 13.2 Å². The first-order valence-corrected chi connectivity index (χ1v) is 7.62. The van der Waals surface area contributed by atoms with E-state index in [4.69, 9.17) is 0 Å². The molecule has 98 valence electrons.